The van der Waals surface area contributed by atoms with Gasteiger partial charge in [0.1, 0.15) is 5.82 Å². The van der Waals surface area contributed by atoms with Crippen LogP contribution in [-0.2, 0) is 14.6 Å². The number of nitrogens with one attached hydrogen (secondary N) is 2. The Bertz CT molecular complexity index is 542. The van der Waals surface area contributed by atoms with E-state index in [-0.39, 0.29) is 16.7 Å². The van der Waals surface area contributed by atoms with Gasteiger partial charge in [0.2, 0.25) is 0 Å². The van der Waals surface area contributed by atoms with Gasteiger partial charge in [-0.1, -0.05) is 0 Å². The monoisotopic (exact) mass is 288 g/mol. The van der Waals surface area contributed by atoms with E-state index in [0.29, 0.717) is 13.2 Å². The van der Waals surface area contributed by atoms with Crippen molar-refractivity contribution in [3.63, 3.8) is 0 Å². The highest BCUT2D eigenvalue weighted by molar-refractivity contribution is 7.90. The van der Waals surface area contributed by atoms with Crippen LogP contribution in [0.3, 0.4) is 0 Å². The lowest BCUT2D eigenvalue weighted by atomic mass is 10.2. The molecule has 0 bridgehead atoms. The molecule has 2 rings (SSSR count). The van der Waals surface area contributed by atoms with Crippen molar-refractivity contribution >= 4 is 15.5 Å². The van der Waals surface area contributed by atoms with Gasteiger partial charge < -0.3 is 15.4 Å². The highest BCUT2D eigenvalue weighted by atomic mass is 32.2. The fraction of sp³-hybridized carbons (Fsp3) is 0.500. The number of rotatable bonds is 4. The first-order chi connectivity index (χ1) is 8.97. The molecule has 1 heterocycles. The summed E-state index contributed by atoms with van der Waals surface area (Å²) in [5.41, 5.74) is 0.279. The van der Waals surface area contributed by atoms with Crippen molar-refractivity contribution in [1.29, 1.82) is 0 Å². The van der Waals surface area contributed by atoms with Crippen molar-refractivity contribution in [1.82, 2.24) is 5.32 Å². The molecule has 1 unspecified atom stereocenters. The summed E-state index contributed by atoms with van der Waals surface area (Å²) in [6.07, 6.45) is 1.04. The molecule has 106 valence electrons. The number of anilines is 1. The number of hydrogen-bond acceptors (Lipinski definition) is 5. The van der Waals surface area contributed by atoms with E-state index in [4.69, 9.17) is 4.74 Å². The van der Waals surface area contributed by atoms with Crippen LogP contribution in [0.4, 0.5) is 10.1 Å². The molecule has 1 atom stereocenters. The van der Waals surface area contributed by atoms with Gasteiger partial charge >= 0.3 is 0 Å². The smallest absolute Gasteiger partial charge is 0.175 e. The molecule has 1 aliphatic heterocycles. The standard InChI is InChI=1S/C12H17FN2O3S/c1-19(16,17)10-2-3-12(11(13)6-10)15-8-9-7-14-4-5-18-9/h2-3,6,9,14-15H,4-5,7-8H2,1H3. The first-order valence-corrected chi connectivity index (χ1v) is 7.92. The summed E-state index contributed by atoms with van der Waals surface area (Å²) >= 11 is 0. The van der Waals surface area contributed by atoms with Crippen LogP contribution >= 0.6 is 0 Å². The maximum absolute atomic E-state index is 13.8. The second-order valence-corrected chi connectivity index (χ2v) is 6.51. The van der Waals surface area contributed by atoms with Crippen molar-refractivity contribution in [3.05, 3.63) is 24.0 Å². The Morgan fingerprint density at radius 2 is 2.32 bits per heavy atom. The SMILES string of the molecule is CS(=O)(=O)c1ccc(NCC2CNCCO2)c(F)c1. The van der Waals surface area contributed by atoms with Gasteiger partial charge in [0.05, 0.1) is 23.3 Å². The average Bonchev–Trinajstić information content (AvgIpc) is 2.37. The number of morpholine rings is 1. The molecule has 0 spiro atoms. The Morgan fingerprint density at radius 3 is 2.89 bits per heavy atom. The zero-order valence-electron chi connectivity index (χ0n) is 10.6. The second kappa shape index (κ2) is 5.85. The molecule has 1 saturated heterocycles. The van der Waals surface area contributed by atoms with Crippen molar-refractivity contribution in [2.45, 2.75) is 11.0 Å². The molecule has 7 heteroatoms. The van der Waals surface area contributed by atoms with Gasteiger partial charge in [0.25, 0.3) is 0 Å². The Balaban J connectivity index is 2.01. The molecule has 1 aromatic carbocycles. The molecular weight excluding hydrogens is 271 g/mol. The second-order valence-electron chi connectivity index (χ2n) is 4.49. The minimum Gasteiger partial charge on any atom is -0.380 e. The van der Waals surface area contributed by atoms with E-state index >= 15 is 0 Å². The number of sulfone groups is 1. The van der Waals surface area contributed by atoms with Gasteiger partial charge in [-0.25, -0.2) is 12.8 Å². The number of benzene rings is 1. The molecule has 0 aromatic heterocycles. The van der Waals surface area contributed by atoms with Crippen molar-refractivity contribution in [3.8, 4) is 0 Å². The van der Waals surface area contributed by atoms with Crippen molar-refractivity contribution < 1.29 is 17.5 Å². The summed E-state index contributed by atoms with van der Waals surface area (Å²) < 4.78 is 41.8. The molecule has 1 aliphatic rings. The summed E-state index contributed by atoms with van der Waals surface area (Å²) in [5, 5.41) is 6.10. The first-order valence-electron chi connectivity index (χ1n) is 6.02. The van der Waals surface area contributed by atoms with Gasteiger partial charge in [-0.15, -0.1) is 0 Å². The molecule has 19 heavy (non-hydrogen) atoms. The van der Waals surface area contributed by atoms with E-state index in [2.05, 4.69) is 10.6 Å². The van der Waals surface area contributed by atoms with Crippen molar-refractivity contribution in [2.75, 3.05) is 37.8 Å². The molecular formula is C12H17FN2O3S. The molecule has 0 aliphatic carbocycles. The zero-order valence-corrected chi connectivity index (χ0v) is 11.5. The Hall–Kier alpha value is -1.18. The zero-order chi connectivity index (χ0) is 13.9. The van der Waals surface area contributed by atoms with Crippen LogP contribution in [-0.4, -0.2) is 47.0 Å². The predicted octanol–water partition coefficient (Wildman–Crippen LogP) is 0.629. The molecule has 2 N–H and O–H groups in total. The van der Waals surface area contributed by atoms with Crippen LogP contribution in [0.5, 0.6) is 0 Å². The average molecular weight is 288 g/mol. The highest BCUT2D eigenvalue weighted by Crippen LogP contribution is 2.19. The topological polar surface area (TPSA) is 67.4 Å². The molecule has 1 aromatic rings. The molecule has 0 amide bonds. The minimum atomic E-state index is -3.38. The van der Waals surface area contributed by atoms with Gasteiger partial charge in [-0.2, -0.15) is 0 Å². The summed E-state index contributed by atoms with van der Waals surface area (Å²) in [4.78, 5) is -0.0221. The van der Waals surface area contributed by atoms with Gasteiger partial charge in [0, 0.05) is 25.9 Å². The maximum atomic E-state index is 13.8. The lowest BCUT2D eigenvalue weighted by Crippen LogP contribution is -2.42. The first kappa shape index (κ1) is 14.2. The van der Waals surface area contributed by atoms with Crippen LogP contribution in [0.1, 0.15) is 0 Å². The molecule has 1 fully saturated rings. The Kier molecular flexibility index (Phi) is 4.38. The lowest BCUT2D eigenvalue weighted by Gasteiger charge is -2.24. The van der Waals surface area contributed by atoms with Crippen molar-refractivity contribution in [2.24, 2.45) is 0 Å². The fourth-order valence-corrected chi connectivity index (χ4v) is 2.48. The number of ether oxygens (including phenoxy) is 1. The van der Waals surface area contributed by atoms with Crippen LogP contribution in [0.25, 0.3) is 0 Å². The third-order valence-electron chi connectivity index (χ3n) is 2.89. The highest BCUT2D eigenvalue weighted by Gasteiger charge is 2.15. The van der Waals surface area contributed by atoms with Crippen LogP contribution in [0, 0.1) is 5.82 Å². The quantitative estimate of drug-likeness (QED) is 0.850. The third-order valence-corrected chi connectivity index (χ3v) is 4.00. The molecule has 0 saturated carbocycles. The Labute approximate surface area is 112 Å². The van der Waals surface area contributed by atoms with Crippen LogP contribution < -0.4 is 10.6 Å². The maximum Gasteiger partial charge on any atom is 0.175 e. The van der Waals surface area contributed by atoms with E-state index in [0.717, 1.165) is 25.4 Å². The fourth-order valence-electron chi connectivity index (χ4n) is 1.84. The molecule has 0 radical (unpaired) electrons. The van der Waals surface area contributed by atoms with Gasteiger partial charge in [0.15, 0.2) is 9.84 Å². The summed E-state index contributed by atoms with van der Waals surface area (Å²) in [5.74, 6) is -0.577. The Morgan fingerprint density at radius 1 is 1.53 bits per heavy atom. The van der Waals surface area contributed by atoms with E-state index in [1.807, 2.05) is 0 Å². The predicted molar refractivity (Wildman–Crippen MR) is 70.6 cm³/mol. The summed E-state index contributed by atoms with van der Waals surface area (Å²) in [7, 11) is -3.38. The van der Waals surface area contributed by atoms with Gasteiger partial charge in [-0.3, -0.25) is 0 Å². The lowest BCUT2D eigenvalue weighted by molar-refractivity contribution is 0.0372. The molecule has 5 nitrogen and oxygen atoms in total. The van der Waals surface area contributed by atoms with E-state index in [1.165, 1.54) is 12.1 Å². The summed E-state index contributed by atoms with van der Waals surface area (Å²) in [6.45, 7) is 2.66. The normalized spacial score (nSPS) is 20.2. The summed E-state index contributed by atoms with van der Waals surface area (Å²) in [6, 6.07) is 3.85. The third kappa shape index (κ3) is 3.89. The van der Waals surface area contributed by atoms with E-state index in [1.54, 1.807) is 0 Å². The minimum absolute atomic E-state index is 0.0114. The van der Waals surface area contributed by atoms with Crippen LogP contribution in [0.15, 0.2) is 23.1 Å². The van der Waals surface area contributed by atoms with Gasteiger partial charge in [-0.05, 0) is 18.2 Å². The number of hydrogen-bond donors (Lipinski definition) is 2. The van der Waals surface area contributed by atoms with E-state index in [9.17, 15) is 12.8 Å². The van der Waals surface area contributed by atoms with E-state index < -0.39 is 15.7 Å². The largest absolute Gasteiger partial charge is 0.380 e. The van der Waals surface area contributed by atoms with Crippen LogP contribution in [0.2, 0.25) is 0 Å². The number of halogens is 1.